The Bertz CT molecular complexity index is 2420. The molecule has 0 radical (unpaired) electrons. The monoisotopic (exact) mass is 959 g/mol. The molecular weight excluding hydrogens is 891 g/mol. The van der Waals surface area contributed by atoms with Crippen LogP contribution in [-0.4, -0.2) is 97.3 Å². The minimum Gasteiger partial charge on any atom is -0.459 e. The van der Waals surface area contributed by atoms with E-state index in [1.807, 2.05) is 73.7 Å². The smallest absolute Gasteiger partial charge is 0.412 e. The number of nitrogens with zero attached hydrogens (tertiary/aromatic N) is 2. The number of aliphatic hydroxyl groups is 2. The van der Waals surface area contributed by atoms with Gasteiger partial charge in [0, 0.05) is 44.1 Å². The van der Waals surface area contributed by atoms with Gasteiger partial charge in [0.05, 0.1) is 44.6 Å². The highest BCUT2D eigenvalue weighted by atomic mass is 16.8. The van der Waals surface area contributed by atoms with E-state index in [2.05, 4.69) is 36.2 Å². The third-order valence-electron chi connectivity index (χ3n) is 14.0. The van der Waals surface area contributed by atoms with Gasteiger partial charge in [-0.2, -0.15) is 0 Å². The molecule has 7 unspecified atom stereocenters. The molecule has 0 aromatic heterocycles. The number of ether oxygens (including phenoxy) is 6. The van der Waals surface area contributed by atoms with E-state index in [9.17, 15) is 15.0 Å². The third kappa shape index (κ3) is 11.9. The molecule has 2 heterocycles. The third-order valence-corrected chi connectivity index (χ3v) is 14.0. The summed E-state index contributed by atoms with van der Waals surface area (Å²) in [4.78, 5) is 36.3. The largest absolute Gasteiger partial charge is 0.459 e. The number of amides is 2. The molecule has 14 nitrogen and oxygen atoms in total. The Morgan fingerprint density at radius 1 is 0.943 bits per heavy atom. The number of hydrogen-bond donors (Lipinski definition) is 3. The van der Waals surface area contributed by atoms with Gasteiger partial charge in [-0.05, 0) is 103 Å². The van der Waals surface area contributed by atoms with Crippen LogP contribution in [0, 0.1) is 17.8 Å². The molecule has 0 spiro atoms. The zero-order valence-electron chi connectivity index (χ0n) is 40.4. The van der Waals surface area contributed by atoms with Crippen molar-refractivity contribution < 1.29 is 53.1 Å². The summed E-state index contributed by atoms with van der Waals surface area (Å²) in [6, 6.07) is 28.6. The Morgan fingerprint density at radius 3 is 2.53 bits per heavy atom. The average Bonchev–Trinajstić information content (AvgIpc) is 3.38. The number of allylic oxidation sites excluding steroid dienone is 1. The van der Waals surface area contributed by atoms with Crippen LogP contribution in [0.5, 0.6) is 11.5 Å². The second-order valence-corrected chi connectivity index (χ2v) is 18.5. The lowest BCUT2D eigenvalue weighted by Crippen LogP contribution is -2.70. The van der Waals surface area contributed by atoms with E-state index in [1.165, 1.54) is 0 Å². The lowest BCUT2D eigenvalue weighted by Gasteiger charge is -2.60. The van der Waals surface area contributed by atoms with Crippen molar-refractivity contribution in [1.82, 2.24) is 10.2 Å². The maximum Gasteiger partial charge on any atom is 0.412 e. The van der Waals surface area contributed by atoms with Gasteiger partial charge in [0.15, 0.2) is 0 Å². The van der Waals surface area contributed by atoms with Crippen molar-refractivity contribution in [2.24, 2.45) is 22.9 Å². The number of unbranched alkanes of at least 4 members (excludes halogenated alkanes) is 2. The molecule has 4 aromatic rings. The topological polar surface area (TPSA) is 167 Å². The van der Waals surface area contributed by atoms with Gasteiger partial charge in [-0.15, -0.1) is 6.58 Å². The summed E-state index contributed by atoms with van der Waals surface area (Å²) in [5.74, 6) is -1.67. The van der Waals surface area contributed by atoms with Gasteiger partial charge in [-0.3, -0.25) is 4.90 Å². The van der Waals surface area contributed by atoms with E-state index in [0.717, 1.165) is 71.6 Å². The van der Waals surface area contributed by atoms with Crippen LogP contribution in [0.4, 0.5) is 9.59 Å². The van der Waals surface area contributed by atoms with Gasteiger partial charge in [0.25, 0.3) is 0 Å². The molecule has 4 aromatic carbocycles. The zero-order valence-corrected chi connectivity index (χ0v) is 40.4. The number of aliphatic hydroxyl groups excluding tert-OH is 2. The van der Waals surface area contributed by atoms with Gasteiger partial charge >= 0.3 is 12.2 Å². The molecule has 1 saturated carbocycles. The highest BCUT2D eigenvalue weighted by Gasteiger charge is 2.66. The fourth-order valence-electron chi connectivity index (χ4n) is 10.9. The number of hydrogen-bond acceptors (Lipinski definition) is 12. The summed E-state index contributed by atoms with van der Waals surface area (Å²) in [5.41, 5.74) is 4.25. The van der Waals surface area contributed by atoms with E-state index in [1.54, 1.807) is 17.0 Å². The second kappa shape index (κ2) is 24.9. The summed E-state index contributed by atoms with van der Waals surface area (Å²) in [7, 11) is 0. The van der Waals surface area contributed by atoms with Gasteiger partial charge in [-0.1, -0.05) is 103 Å². The minimum atomic E-state index is -1.56. The Labute approximate surface area is 411 Å². The first-order valence-corrected chi connectivity index (χ1v) is 25.2. The minimum absolute atomic E-state index is 0.00201. The molecular formula is C56H69N3O11. The number of carbonyl (C=O) groups is 2. The van der Waals surface area contributed by atoms with Crippen molar-refractivity contribution in [3.05, 3.63) is 132 Å². The lowest BCUT2D eigenvalue weighted by atomic mass is 9.55. The van der Waals surface area contributed by atoms with Crippen LogP contribution in [0.2, 0.25) is 0 Å². The number of carbonyl (C=O) groups excluding carboxylic acids is 2. The summed E-state index contributed by atoms with van der Waals surface area (Å²) in [6.07, 6.45) is 9.31. The fourth-order valence-corrected chi connectivity index (χ4v) is 10.9. The lowest BCUT2D eigenvalue weighted by molar-refractivity contribution is -0.256. The van der Waals surface area contributed by atoms with Gasteiger partial charge in [0.2, 0.25) is 12.1 Å². The zero-order chi connectivity index (χ0) is 48.7. The van der Waals surface area contributed by atoms with E-state index in [4.69, 9.17) is 38.4 Å². The van der Waals surface area contributed by atoms with Crippen LogP contribution in [0.25, 0.3) is 10.8 Å². The first kappa shape index (κ1) is 50.6. The Morgan fingerprint density at radius 2 is 1.74 bits per heavy atom. The highest BCUT2D eigenvalue weighted by molar-refractivity contribution is 6.03. The molecule has 374 valence electrons. The molecule has 7 atom stereocenters. The van der Waals surface area contributed by atoms with Gasteiger partial charge in [0.1, 0.15) is 24.1 Å². The van der Waals surface area contributed by atoms with Gasteiger partial charge < -0.3 is 48.8 Å². The predicted molar refractivity (Wildman–Crippen MR) is 266 cm³/mol. The first-order valence-electron chi connectivity index (χ1n) is 25.2. The number of nitrogens with one attached hydrogen (secondary N) is 1. The molecule has 2 aliphatic heterocycles. The maximum absolute atomic E-state index is 15.3. The average molecular weight is 960 g/mol. The molecule has 14 heteroatoms. The van der Waals surface area contributed by atoms with Crippen LogP contribution >= 0.6 is 0 Å². The van der Waals surface area contributed by atoms with Crippen LogP contribution in [0.15, 0.2) is 120 Å². The van der Waals surface area contributed by atoms with Crippen molar-refractivity contribution in [3.8, 4) is 11.5 Å². The number of oxime groups is 1. The first-order chi connectivity index (χ1) is 34.4. The molecule has 4 aliphatic rings. The van der Waals surface area contributed by atoms with E-state index >= 15 is 4.79 Å². The van der Waals surface area contributed by atoms with Crippen molar-refractivity contribution >= 4 is 28.7 Å². The molecule has 70 heavy (non-hydrogen) atoms. The van der Waals surface area contributed by atoms with Gasteiger partial charge in [-0.25, -0.2) is 9.59 Å². The Hall–Kier alpha value is -5.77. The molecule has 8 rings (SSSR count). The molecule has 1 saturated heterocycles. The predicted octanol–water partition coefficient (Wildman–Crippen LogP) is 9.96. The normalized spacial score (nSPS) is 24.1. The molecule has 2 aliphatic carbocycles. The van der Waals surface area contributed by atoms with Crippen LogP contribution in [0.3, 0.4) is 0 Å². The number of rotatable bonds is 23. The number of fused-ring (bicyclic) bond motifs is 3. The van der Waals surface area contributed by atoms with E-state index in [0.29, 0.717) is 56.2 Å². The summed E-state index contributed by atoms with van der Waals surface area (Å²) in [5, 5.41) is 29.8. The Balaban J connectivity index is 1.30. The summed E-state index contributed by atoms with van der Waals surface area (Å²) >= 11 is 0. The van der Waals surface area contributed by atoms with Crippen molar-refractivity contribution in [2.75, 3.05) is 46.2 Å². The quantitative estimate of drug-likeness (QED) is 0.0368. The van der Waals surface area contributed by atoms with Crippen LogP contribution in [-0.2, 0) is 36.9 Å². The number of benzene rings is 4. The summed E-state index contributed by atoms with van der Waals surface area (Å²) < 4.78 is 38.8. The van der Waals surface area contributed by atoms with E-state index < -0.39 is 36.2 Å². The molecule has 0 bridgehead atoms. The van der Waals surface area contributed by atoms with Crippen molar-refractivity contribution in [3.63, 3.8) is 0 Å². The fraction of sp³-hybridized carbons (Fsp3) is 0.482. The van der Waals surface area contributed by atoms with E-state index in [-0.39, 0.29) is 63.8 Å². The standard InChI is InChI=1S/C56H69N3O11/c1-3-30-67-56-50(59(37-42-22-16-21-40-19-8-9-23-44(40)42)55(63)66-33-32-64-38-39-17-6-5-7-18-39)36-48(58-70-51-25-12-15-31-65-51)46-34-41(20-10-13-28-60)45(24-11-14-29-61)52(53(46)56)47-35-43(26-27-49(47)69-56)68-54(62)57-4-2/h3,5-9,16-19,21-23,26-27,34-35,41,45,50-53,60-61H,1,4,10-15,20,24-25,28-33,36-38H2,2H3,(H,57,62). The molecule has 2 fully saturated rings. The molecule has 2 amide bonds. The summed E-state index contributed by atoms with van der Waals surface area (Å²) in [6.45, 7) is 7.74. The van der Waals surface area contributed by atoms with Crippen LogP contribution < -0.4 is 14.8 Å². The van der Waals surface area contributed by atoms with Crippen molar-refractivity contribution in [1.29, 1.82) is 0 Å². The second-order valence-electron chi connectivity index (χ2n) is 18.5. The maximum atomic E-state index is 15.3. The highest BCUT2D eigenvalue weighted by Crippen LogP contribution is 2.62. The molecule has 3 N–H and O–H groups in total. The van der Waals surface area contributed by atoms with Crippen molar-refractivity contribution in [2.45, 2.75) is 108 Å². The SMILES string of the molecule is C=CCOC12Oc3ccc(OC(=O)NCC)cc3C3C(CCCCO)C(CCCCO)C=C(C(=NOC4CCCCO4)CC1N(Cc1cccc4ccccc14)C(=O)OCCOCc1ccccc1)C32. The Kier molecular flexibility index (Phi) is 18.0. The van der Waals surface area contributed by atoms with Crippen LogP contribution in [0.1, 0.15) is 93.7 Å².